The van der Waals surface area contributed by atoms with E-state index < -0.39 is 11.1 Å². The third kappa shape index (κ3) is 4.54. The summed E-state index contributed by atoms with van der Waals surface area (Å²) in [6.07, 6.45) is 2.31. The molecule has 50 heavy (non-hydrogen) atoms. The first-order valence-electron chi connectivity index (χ1n) is 16.5. The van der Waals surface area contributed by atoms with Gasteiger partial charge in [-0.2, -0.15) is 9.61 Å². The highest BCUT2D eigenvalue weighted by atomic mass is 16.5. The molecule has 0 spiro atoms. The van der Waals surface area contributed by atoms with Gasteiger partial charge in [-0.25, -0.2) is 9.97 Å². The van der Waals surface area contributed by atoms with E-state index in [2.05, 4.69) is 18.2 Å². The van der Waals surface area contributed by atoms with Crippen molar-refractivity contribution in [3.63, 3.8) is 0 Å². The van der Waals surface area contributed by atoms with Gasteiger partial charge in [-0.1, -0.05) is 66.7 Å². The predicted octanol–water partition coefficient (Wildman–Crippen LogP) is 7.32. The molecule has 1 fully saturated rings. The van der Waals surface area contributed by atoms with Crippen LogP contribution in [0.1, 0.15) is 46.0 Å². The van der Waals surface area contributed by atoms with Crippen LogP contribution in [0.5, 0.6) is 5.75 Å². The first-order valence-corrected chi connectivity index (χ1v) is 16.5. The molecular formula is C41H31N5O4. The highest BCUT2D eigenvalue weighted by molar-refractivity contribution is 6.22. The van der Waals surface area contributed by atoms with E-state index in [0.29, 0.717) is 22.4 Å². The van der Waals surface area contributed by atoms with Gasteiger partial charge in [0.25, 0.3) is 11.8 Å². The number of aromatic nitrogens is 4. The second-order valence-corrected chi connectivity index (χ2v) is 13.4. The van der Waals surface area contributed by atoms with Crippen LogP contribution in [0, 0.1) is 0 Å². The fourth-order valence-corrected chi connectivity index (χ4v) is 7.72. The average Bonchev–Trinajstić information content (AvgIpc) is 3.69. The second kappa shape index (κ2) is 10.9. The molecule has 9 heteroatoms. The van der Waals surface area contributed by atoms with Crippen LogP contribution in [0.25, 0.3) is 50.3 Å². The van der Waals surface area contributed by atoms with Crippen molar-refractivity contribution in [3.8, 4) is 39.4 Å². The summed E-state index contributed by atoms with van der Waals surface area (Å²) in [5, 5.41) is 16.7. The number of carbonyl (C=O) groups excluding carboxylic acids is 2. The summed E-state index contributed by atoms with van der Waals surface area (Å²) < 4.78 is 7.10. The minimum atomic E-state index is -1.01. The third-order valence-electron chi connectivity index (χ3n) is 9.99. The second-order valence-electron chi connectivity index (χ2n) is 13.4. The molecule has 9 nitrogen and oxygen atoms in total. The Labute approximate surface area is 287 Å². The molecular weight excluding hydrogens is 626 g/mol. The van der Waals surface area contributed by atoms with Gasteiger partial charge in [0.05, 0.1) is 40.8 Å². The van der Waals surface area contributed by atoms with Gasteiger partial charge >= 0.3 is 0 Å². The summed E-state index contributed by atoms with van der Waals surface area (Å²) in [5.74, 6) is 0.0985. The van der Waals surface area contributed by atoms with Gasteiger partial charge in [0.2, 0.25) is 0 Å². The molecule has 1 N–H and O–H groups in total. The number of hydrogen-bond acceptors (Lipinski definition) is 7. The summed E-state index contributed by atoms with van der Waals surface area (Å²) >= 11 is 0. The summed E-state index contributed by atoms with van der Waals surface area (Å²) in [4.78, 5) is 38.7. The molecule has 9 rings (SSSR count). The smallest absolute Gasteiger partial charge is 0.262 e. The van der Waals surface area contributed by atoms with Crippen molar-refractivity contribution < 1.29 is 19.4 Å². The van der Waals surface area contributed by atoms with E-state index in [1.807, 2.05) is 79.0 Å². The molecule has 4 heterocycles. The molecule has 1 aliphatic heterocycles. The number of fused-ring (bicyclic) bond motifs is 4. The lowest BCUT2D eigenvalue weighted by molar-refractivity contribution is -0.118. The van der Waals surface area contributed by atoms with Crippen LogP contribution in [0.3, 0.4) is 0 Å². The molecule has 0 bridgehead atoms. The minimum Gasteiger partial charge on any atom is -0.497 e. The van der Waals surface area contributed by atoms with E-state index in [1.165, 1.54) is 4.90 Å². The van der Waals surface area contributed by atoms with Crippen molar-refractivity contribution in [1.29, 1.82) is 0 Å². The summed E-state index contributed by atoms with van der Waals surface area (Å²) in [5.41, 5.74) is 6.14. The Morgan fingerprint density at radius 2 is 1.38 bits per heavy atom. The predicted molar refractivity (Wildman–Crippen MR) is 190 cm³/mol. The van der Waals surface area contributed by atoms with Gasteiger partial charge in [-0.3, -0.25) is 14.5 Å². The lowest BCUT2D eigenvalue weighted by Gasteiger charge is -2.55. The summed E-state index contributed by atoms with van der Waals surface area (Å²) in [7, 11) is 1.64. The van der Waals surface area contributed by atoms with Crippen LogP contribution in [0.15, 0.2) is 121 Å². The number of benzene rings is 4. The van der Waals surface area contributed by atoms with Gasteiger partial charge in [-0.15, -0.1) is 0 Å². The number of ether oxygens (including phenoxy) is 1. The van der Waals surface area contributed by atoms with Crippen molar-refractivity contribution in [1.82, 2.24) is 24.5 Å². The summed E-state index contributed by atoms with van der Waals surface area (Å²) in [6, 6.07) is 36.6. The fourth-order valence-electron chi connectivity index (χ4n) is 7.72. The minimum absolute atomic E-state index is 0.245. The van der Waals surface area contributed by atoms with Crippen LogP contribution in [0.2, 0.25) is 0 Å². The van der Waals surface area contributed by atoms with Crippen molar-refractivity contribution >= 4 is 28.5 Å². The Morgan fingerprint density at radius 1 is 0.740 bits per heavy atom. The van der Waals surface area contributed by atoms with Crippen molar-refractivity contribution in [2.75, 3.05) is 7.11 Å². The normalized spacial score (nSPS) is 19.9. The molecule has 0 radical (unpaired) electrons. The number of imide groups is 1. The average molecular weight is 658 g/mol. The molecule has 0 atom stereocenters. The van der Waals surface area contributed by atoms with Crippen LogP contribution in [0.4, 0.5) is 0 Å². The SMILES string of the molecule is COc1ccc(-c2cc3ncc4cc(-c5ccccc5)c(-c5ccc(C6(N7C(=O)c8ccccc8C7=O)CC(C)(O)C6)cc5)nc4n3n2)cc1. The number of pyridine rings is 1. The van der Waals surface area contributed by atoms with Crippen molar-refractivity contribution in [2.24, 2.45) is 0 Å². The molecule has 2 aliphatic rings. The monoisotopic (exact) mass is 657 g/mol. The van der Waals surface area contributed by atoms with E-state index in [9.17, 15) is 14.7 Å². The number of hydrogen-bond donors (Lipinski definition) is 1. The first-order chi connectivity index (χ1) is 24.2. The number of aliphatic hydroxyl groups is 1. The van der Waals surface area contributed by atoms with Crippen LogP contribution in [-0.4, -0.2) is 54.1 Å². The number of nitrogens with zero attached hydrogens (tertiary/aromatic N) is 5. The van der Waals surface area contributed by atoms with Crippen molar-refractivity contribution in [2.45, 2.75) is 30.9 Å². The summed E-state index contributed by atoms with van der Waals surface area (Å²) in [6.45, 7) is 1.74. The zero-order valence-corrected chi connectivity index (χ0v) is 27.4. The molecule has 4 aromatic carbocycles. The largest absolute Gasteiger partial charge is 0.497 e. The maximum atomic E-state index is 13.7. The molecule has 2 amide bonds. The number of amides is 2. The van der Waals surface area contributed by atoms with Gasteiger partial charge in [-0.05, 0) is 60.5 Å². The van der Waals surface area contributed by atoms with E-state index in [4.69, 9.17) is 19.8 Å². The van der Waals surface area contributed by atoms with E-state index in [-0.39, 0.29) is 24.7 Å². The number of carbonyl (C=O) groups is 2. The van der Waals surface area contributed by atoms with Crippen molar-refractivity contribution in [3.05, 3.63) is 138 Å². The quantitative estimate of drug-likeness (QED) is 0.187. The zero-order valence-electron chi connectivity index (χ0n) is 27.4. The third-order valence-corrected chi connectivity index (χ3v) is 9.99. The molecule has 7 aromatic rings. The maximum absolute atomic E-state index is 13.7. The van der Waals surface area contributed by atoms with Gasteiger partial charge in [0, 0.05) is 47.2 Å². The Hall–Kier alpha value is -6.19. The highest BCUT2D eigenvalue weighted by Gasteiger charge is 2.60. The molecule has 0 unspecified atom stereocenters. The maximum Gasteiger partial charge on any atom is 0.262 e. The van der Waals surface area contributed by atoms with Crippen LogP contribution in [-0.2, 0) is 5.54 Å². The van der Waals surface area contributed by atoms with Gasteiger partial charge < -0.3 is 9.84 Å². The molecule has 0 saturated heterocycles. The van der Waals surface area contributed by atoms with Gasteiger partial charge in [0.1, 0.15) is 5.75 Å². The number of rotatable bonds is 6. The Morgan fingerprint density at radius 3 is 2.02 bits per heavy atom. The van der Waals surface area contributed by atoms with E-state index in [1.54, 1.807) is 42.8 Å². The Balaban J connectivity index is 1.17. The van der Waals surface area contributed by atoms with Crippen LogP contribution < -0.4 is 4.74 Å². The molecule has 1 aliphatic carbocycles. The Kier molecular flexibility index (Phi) is 6.53. The topological polar surface area (TPSA) is 110 Å². The van der Waals surface area contributed by atoms with Crippen LogP contribution >= 0.6 is 0 Å². The molecule has 1 saturated carbocycles. The first kappa shape index (κ1) is 29.9. The highest BCUT2D eigenvalue weighted by Crippen LogP contribution is 2.54. The van der Waals surface area contributed by atoms with E-state index >= 15 is 0 Å². The zero-order chi connectivity index (χ0) is 34.2. The lowest BCUT2D eigenvalue weighted by atomic mass is 9.61. The number of methoxy groups -OCH3 is 1. The van der Waals surface area contributed by atoms with Gasteiger partial charge in [0.15, 0.2) is 11.3 Å². The fraction of sp³-hybridized carbons (Fsp3) is 0.146. The molecule has 3 aromatic heterocycles. The standard InChI is InChI=1S/C41H31N5O4/c1-40(49)23-41(24-40,45-38(47)31-10-6-7-11-32(31)39(45)48)29-16-12-27(13-17-29)36-33(25-8-4-3-5-9-25)20-28-22-42-35-21-34(44-46(35)37(28)43-36)26-14-18-30(50-2)19-15-26/h3-22,49H,23-24H2,1-2H3. The Bertz CT molecular complexity index is 2450. The molecule has 244 valence electrons. The lowest BCUT2D eigenvalue weighted by Crippen LogP contribution is -2.63. The van der Waals surface area contributed by atoms with E-state index in [0.717, 1.165) is 50.3 Å².